The lowest BCUT2D eigenvalue weighted by atomic mass is 9.88. The fourth-order valence-electron chi connectivity index (χ4n) is 2.95. The summed E-state index contributed by atoms with van der Waals surface area (Å²) >= 11 is 0. The molecule has 0 radical (unpaired) electrons. The molecule has 132 valence electrons. The van der Waals surface area contributed by atoms with Gasteiger partial charge in [-0.1, -0.05) is 24.3 Å². The maximum atomic E-state index is 12.3. The minimum atomic E-state index is -0.900. The summed E-state index contributed by atoms with van der Waals surface area (Å²) < 4.78 is 10.5. The molecule has 1 aliphatic rings. The molecule has 1 saturated heterocycles. The third-order valence-corrected chi connectivity index (χ3v) is 3.98. The number of nitrogens with zero attached hydrogens (tertiary/aromatic N) is 1. The molecule has 1 N–H and O–H groups in total. The first-order valence-corrected chi connectivity index (χ1v) is 8.00. The summed E-state index contributed by atoms with van der Waals surface area (Å²) in [6.07, 6.45) is -0.468. The van der Waals surface area contributed by atoms with Crippen molar-refractivity contribution >= 4 is 12.1 Å². The molecule has 0 aromatic heterocycles. The molecule has 2 rings (SSSR count). The average molecular weight is 335 g/mol. The smallest absolute Gasteiger partial charge is 0.410 e. The molecule has 6 heteroatoms. The maximum absolute atomic E-state index is 12.3. The Morgan fingerprint density at radius 1 is 1.29 bits per heavy atom. The van der Waals surface area contributed by atoms with Gasteiger partial charge in [-0.05, 0) is 31.9 Å². The molecule has 2 unspecified atom stereocenters. The second-order valence-electron chi connectivity index (χ2n) is 7.11. The molecule has 1 aromatic rings. The predicted octanol–water partition coefficient (Wildman–Crippen LogP) is 2.87. The molecule has 0 saturated carbocycles. The van der Waals surface area contributed by atoms with Crippen LogP contribution in [0.4, 0.5) is 4.79 Å². The first kappa shape index (κ1) is 18.3. The van der Waals surface area contributed by atoms with Gasteiger partial charge in [-0.25, -0.2) is 4.79 Å². The Morgan fingerprint density at radius 2 is 2.00 bits per heavy atom. The number of aliphatic carboxylic acids is 1. The van der Waals surface area contributed by atoms with E-state index in [-0.39, 0.29) is 12.5 Å². The fraction of sp³-hybridized carbons (Fsp3) is 0.556. The Labute approximate surface area is 142 Å². The van der Waals surface area contributed by atoms with Crippen LogP contribution in [0, 0.1) is 5.92 Å². The van der Waals surface area contributed by atoms with E-state index in [4.69, 9.17) is 9.47 Å². The van der Waals surface area contributed by atoms with Gasteiger partial charge in [-0.15, -0.1) is 0 Å². The minimum absolute atomic E-state index is 0.156. The highest BCUT2D eigenvalue weighted by molar-refractivity contribution is 5.76. The quantitative estimate of drug-likeness (QED) is 0.915. The van der Waals surface area contributed by atoms with Crippen molar-refractivity contribution < 1.29 is 24.2 Å². The average Bonchev–Trinajstić information content (AvgIpc) is 2.91. The van der Waals surface area contributed by atoms with Crippen LogP contribution < -0.4 is 0 Å². The van der Waals surface area contributed by atoms with Crippen LogP contribution >= 0.6 is 0 Å². The first-order valence-electron chi connectivity index (χ1n) is 8.00. The van der Waals surface area contributed by atoms with Gasteiger partial charge in [0.25, 0.3) is 0 Å². The van der Waals surface area contributed by atoms with Gasteiger partial charge in [0.05, 0.1) is 12.5 Å². The summed E-state index contributed by atoms with van der Waals surface area (Å²) in [7, 11) is 1.62. The predicted molar refractivity (Wildman–Crippen MR) is 88.8 cm³/mol. The summed E-state index contributed by atoms with van der Waals surface area (Å²) in [5.74, 6) is -1.80. The van der Waals surface area contributed by atoms with E-state index in [0.717, 1.165) is 11.1 Å². The number of hydrogen-bond donors (Lipinski definition) is 1. The van der Waals surface area contributed by atoms with E-state index in [0.29, 0.717) is 13.2 Å². The van der Waals surface area contributed by atoms with Crippen LogP contribution in [0.5, 0.6) is 0 Å². The van der Waals surface area contributed by atoms with Crippen molar-refractivity contribution in [3.8, 4) is 0 Å². The molecule has 1 heterocycles. The van der Waals surface area contributed by atoms with E-state index >= 15 is 0 Å². The van der Waals surface area contributed by atoms with Crippen molar-refractivity contribution in [2.24, 2.45) is 5.92 Å². The van der Waals surface area contributed by atoms with Gasteiger partial charge in [0.2, 0.25) is 0 Å². The Bertz CT molecular complexity index is 608. The topological polar surface area (TPSA) is 76.1 Å². The van der Waals surface area contributed by atoms with Crippen LogP contribution in [0.25, 0.3) is 0 Å². The van der Waals surface area contributed by atoms with E-state index in [9.17, 15) is 14.7 Å². The van der Waals surface area contributed by atoms with Crippen LogP contribution in [0.1, 0.15) is 37.8 Å². The first-order chi connectivity index (χ1) is 11.2. The Balaban J connectivity index is 2.20. The van der Waals surface area contributed by atoms with Crippen molar-refractivity contribution in [2.75, 3.05) is 20.2 Å². The Hall–Kier alpha value is -2.08. The molecule has 24 heavy (non-hydrogen) atoms. The van der Waals surface area contributed by atoms with E-state index in [1.54, 1.807) is 27.9 Å². The largest absolute Gasteiger partial charge is 0.481 e. The lowest BCUT2D eigenvalue weighted by molar-refractivity contribution is -0.141. The molecule has 6 nitrogen and oxygen atoms in total. The second kappa shape index (κ2) is 7.21. The Morgan fingerprint density at radius 3 is 2.58 bits per heavy atom. The third kappa shape index (κ3) is 4.47. The second-order valence-corrected chi connectivity index (χ2v) is 7.11. The zero-order valence-electron chi connectivity index (χ0n) is 14.6. The number of ether oxygens (including phenoxy) is 2. The number of carboxylic acid groups (broad SMARTS) is 1. The number of carboxylic acids is 1. The van der Waals surface area contributed by atoms with Crippen molar-refractivity contribution in [3.05, 3.63) is 35.4 Å². The molecule has 1 aliphatic heterocycles. The molecular weight excluding hydrogens is 310 g/mol. The summed E-state index contributed by atoms with van der Waals surface area (Å²) in [4.78, 5) is 25.4. The van der Waals surface area contributed by atoms with Gasteiger partial charge in [-0.3, -0.25) is 4.79 Å². The third-order valence-electron chi connectivity index (χ3n) is 3.98. The normalized spacial score (nSPS) is 20.9. The number of methoxy groups -OCH3 is 1. The standard InChI is InChI=1S/C18H25NO5/c1-18(2,3)24-17(22)19-9-14(15(10-19)16(20)21)13-7-5-6-12(8-13)11-23-4/h5-8,14-15H,9-11H2,1-4H3,(H,20,21). The monoisotopic (exact) mass is 335 g/mol. The van der Waals surface area contributed by atoms with Crippen molar-refractivity contribution in [3.63, 3.8) is 0 Å². The van der Waals surface area contributed by atoms with Crippen LogP contribution in [0.3, 0.4) is 0 Å². The zero-order valence-corrected chi connectivity index (χ0v) is 14.6. The van der Waals surface area contributed by atoms with E-state index in [1.165, 1.54) is 4.90 Å². The summed E-state index contributed by atoms with van der Waals surface area (Å²) in [5, 5.41) is 9.55. The summed E-state index contributed by atoms with van der Waals surface area (Å²) in [6, 6.07) is 7.67. The van der Waals surface area contributed by atoms with Gasteiger partial charge in [0, 0.05) is 26.1 Å². The van der Waals surface area contributed by atoms with Crippen molar-refractivity contribution in [2.45, 2.75) is 38.9 Å². The van der Waals surface area contributed by atoms with Gasteiger partial charge < -0.3 is 19.5 Å². The van der Waals surface area contributed by atoms with Crippen molar-refractivity contribution in [1.82, 2.24) is 4.90 Å². The van der Waals surface area contributed by atoms with Gasteiger partial charge >= 0.3 is 12.1 Å². The number of rotatable bonds is 4. The van der Waals surface area contributed by atoms with E-state index < -0.39 is 23.6 Å². The van der Waals surface area contributed by atoms with E-state index in [2.05, 4.69) is 0 Å². The fourth-order valence-corrected chi connectivity index (χ4v) is 2.95. The number of likely N-dealkylation sites (tertiary alicyclic amines) is 1. The number of amides is 1. The number of benzene rings is 1. The van der Waals surface area contributed by atoms with Crippen LogP contribution in [0.2, 0.25) is 0 Å². The maximum Gasteiger partial charge on any atom is 0.410 e. The summed E-state index contributed by atoms with van der Waals surface area (Å²) in [6.45, 7) is 6.34. The molecule has 0 bridgehead atoms. The molecule has 1 amide bonds. The highest BCUT2D eigenvalue weighted by Crippen LogP contribution is 2.34. The summed E-state index contributed by atoms with van der Waals surface area (Å²) in [5.41, 5.74) is 1.28. The minimum Gasteiger partial charge on any atom is -0.481 e. The molecule has 1 fully saturated rings. The van der Waals surface area contributed by atoms with Gasteiger partial charge in [-0.2, -0.15) is 0 Å². The van der Waals surface area contributed by atoms with Crippen molar-refractivity contribution in [1.29, 1.82) is 0 Å². The number of carbonyl (C=O) groups excluding carboxylic acids is 1. The highest BCUT2D eigenvalue weighted by atomic mass is 16.6. The van der Waals surface area contributed by atoms with Crippen LogP contribution in [-0.2, 0) is 20.9 Å². The molecular formula is C18H25NO5. The zero-order chi connectivity index (χ0) is 17.9. The Kier molecular flexibility index (Phi) is 5.49. The number of carbonyl (C=O) groups is 2. The lowest BCUT2D eigenvalue weighted by Gasteiger charge is -2.24. The number of hydrogen-bond acceptors (Lipinski definition) is 4. The molecule has 0 spiro atoms. The molecule has 0 aliphatic carbocycles. The van der Waals surface area contributed by atoms with Crippen LogP contribution in [-0.4, -0.2) is 47.9 Å². The molecule has 2 atom stereocenters. The van der Waals surface area contributed by atoms with Gasteiger partial charge in [0.1, 0.15) is 5.60 Å². The highest BCUT2D eigenvalue weighted by Gasteiger charge is 2.41. The van der Waals surface area contributed by atoms with E-state index in [1.807, 2.05) is 24.3 Å². The van der Waals surface area contributed by atoms with Gasteiger partial charge in [0.15, 0.2) is 0 Å². The SMILES string of the molecule is COCc1cccc(C2CN(C(=O)OC(C)(C)C)CC2C(=O)O)c1. The van der Waals surface area contributed by atoms with Crippen LogP contribution in [0.15, 0.2) is 24.3 Å². The molecule has 1 aromatic carbocycles. The lowest BCUT2D eigenvalue weighted by Crippen LogP contribution is -2.35.